The minimum Gasteiger partial charge on any atom is -0.495 e. The van der Waals surface area contributed by atoms with Gasteiger partial charge in [-0.2, -0.15) is 0 Å². The van der Waals surface area contributed by atoms with Crippen molar-refractivity contribution in [3.8, 4) is 11.5 Å². The molecule has 0 aromatic heterocycles. The molecule has 0 radical (unpaired) electrons. The van der Waals surface area contributed by atoms with Crippen molar-refractivity contribution in [1.29, 1.82) is 0 Å². The van der Waals surface area contributed by atoms with E-state index in [-0.39, 0.29) is 4.90 Å². The number of rotatable bonds is 7. The lowest BCUT2D eigenvalue weighted by Crippen LogP contribution is -2.33. The molecule has 2 N–H and O–H groups in total. The van der Waals surface area contributed by atoms with Crippen LogP contribution in [0, 0.1) is 0 Å². The molecule has 0 saturated heterocycles. The van der Waals surface area contributed by atoms with E-state index >= 15 is 0 Å². The molecule has 0 bridgehead atoms. The SMILES string of the molecule is COc1cc(NC(=O)CNS(=O)(=O)c2ccccc2)c(OC)cc1Cl. The zero-order chi connectivity index (χ0) is 18.4. The minimum atomic E-state index is -3.77. The third kappa shape index (κ3) is 4.85. The lowest BCUT2D eigenvalue weighted by molar-refractivity contribution is -0.115. The summed E-state index contributed by atoms with van der Waals surface area (Å²) in [7, 11) is -0.910. The molecular formula is C16H17ClN2O5S. The zero-order valence-electron chi connectivity index (χ0n) is 13.6. The topological polar surface area (TPSA) is 93.7 Å². The maximum atomic E-state index is 12.1. The van der Waals surface area contributed by atoms with E-state index < -0.39 is 22.5 Å². The van der Waals surface area contributed by atoms with Gasteiger partial charge in [-0.3, -0.25) is 4.79 Å². The Kier molecular flexibility index (Phi) is 6.24. The van der Waals surface area contributed by atoms with Crippen molar-refractivity contribution < 1.29 is 22.7 Å². The van der Waals surface area contributed by atoms with Gasteiger partial charge < -0.3 is 14.8 Å². The van der Waals surface area contributed by atoms with Crippen LogP contribution in [0.2, 0.25) is 5.02 Å². The van der Waals surface area contributed by atoms with Crippen molar-refractivity contribution >= 4 is 33.2 Å². The number of nitrogens with one attached hydrogen (secondary N) is 2. The van der Waals surface area contributed by atoms with E-state index in [1.54, 1.807) is 18.2 Å². The summed E-state index contributed by atoms with van der Waals surface area (Å²) >= 11 is 6.00. The second-order valence-corrected chi connectivity index (χ2v) is 7.05. The number of hydrogen-bond acceptors (Lipinski definition) is 5. The number of sulfonamides is 1. The highest BCUT2D eigenvalue weighted by molar-refractivity contribution is 7.89. The molecule has 0 saturated carbocycles. The molecule has 2 rings (SSSR count). The van der Waals surface area contributed by atoms with E-state index in [9.17, 15) is 13.2 Å². The first-order valence-electron chi connectivity index (χ1n) is 7.13. The smallest absolute Gasteiger partial charge is 0.241 e. The zero-order valence-corrected chi connectivity index (χ0v) is 15.1. The molecule has 0 spiro atoms. The molecule has 0 aliphatic rings. The number of hydrogen-bond donors (Lipinski definition) is 2. The van der Waals surface area contributed by atoms with Crippen molar-refractivity contribution in [2.75, 3.05) is 26.1 Å². The highest BCUT2D eigenvalue weighted by atomic mass is 35.5. The van der Waals surface area contributed by atoms with Crippen LogP contribution in [0.25, 0.3) is 0 Å². The number of benzene rings is 2. The Morgan fingerprint density at radius 1 is 1.08 bits per heavy atom. The van der Waals surface area contributed by atoms with Crippen LogP contribution < -0.4 is 19.5 Å². The number of halogens is 1. The Balaban J connectivity index is 2.08. The lowest BCUT2D eigenvalue weighted by Gasteiger charge is -2.13. The largest absolute Gasteiger partial charge is 0.495 e. The average molecular weight is 385 g/mol. The number of methoxy groups -OCH3 is 2. The molecule has 7 nitrogen and oxygen atoms in total. The first-order chi connectivity index (χ1) is 11.9. The van der Waals surface area contributed by atoms with Crippen molar-refractivity contribution in [1.82, 2.24) is 4.72 Å². The first-order valence-corrected chi connectivity index (χ1v) is 8.99. The maximum Gasteiger partial charge on any atom is 0.241 e. The minimum absolute atomic E-state index is 0.0774. The summed E-state index contributed by atoms with van der Waals surface area (Å²) < 4.78 is 36.7. The summed E-state index contributed by atoms with van der Waals surface area (Å²) in [5.41, 5.74) is 0.313. The van der Waals surface area contributed by atoms with Gasteiger partial charge in [-0.25, -0.2) is 13.1 Å². The van der Waals surface area contributed by atoms with Gasteiger partial charge in [0.25, 0.3) is 0 Å². The fourth-order valence-electron chi connectivity index (χ4n) is 2.00. The van der Waals surface area contributed by atoms with Crippen LogP contribution in [0.3, 0.4) is 0 Å². The Labute approximate surface area is 151 Å². The number of amides is 1. The third-order valence-corrected chi connectivity index (χ3v) is 4.94. The molecular weight excluding hydrogens is 368 g/mol. The van der Waals surface area contributed by atoms with E-state index in [4.69, 9.17) is 21.1 Å². The van der Waals surface area contributed by atoms with Gasteiger partial charge in [-0.1, -0.05) is 29.8 Å². The Morgan fingerprint density at radius 2 is 1.72 bits per heavy atom. The summed E-state index contributed by atoms with van der Waals surface area (Å²) in [5, 5.41) is 2.88. The van der Waals surface area contributed by atoms with Gasteiger partial charge >= 0.3 is 0 Å². The third-order valence-electron chi connectivity index (χ3n) is 3.22. The van der Waals surface area contributed by atoms with Gasteiger partial charge in [0.2, 0.25) is 15.9 Å². The molecule has 0 aliphatic heterocycles. The Hall–Kier alpha value is -2.29. The highest BCUT2D eigenvalue weighted by Gasteiger charge is 2.17. The predicted octanol–water partition coefficient (Wildman–Crippen LogP) is 2.27. The number of carbonyl (C=O) groups excluding carboxylic acids is 1. The number of carbonyl (C=O) groups is 1. The van der Waals surface area contributed by atoms with Gasteiger partial charge in [-0.15, -0.1) is 0 Å². The van der Waals surface area contributed by atoms with Crippen LogP contribution in [0.15, 0.2) is 47.4 Å². The van der Waals surface area contributed by atoms with E-state index in [0.29, 0.717) is 22.2 Å². The van der Waals surface area contributed by atoms with E-state index in [1.165, 1.54) is 38.5 Å². The second-order valence-electron chi connectivity index (χ2n) is 4.87. The molecule has 134 valence electrons. The molecule has 0 atom stereocenters. The fraction of sp³-hybridized carbons (Fsp3) is 0.188. The van der Waals surface area contributed by atoms with Gasteiger partial charge in [0.05, 0.1) is 36.4 Å². The summed E-state index contributed by atoms with van der Waals surface area (Å²) in [6, 6.07) is 10.8. The van der Waals surface area contributed by atoms with E-state index in [0.717, 1.165) is 0 Å². The summed E-state index contributed by atoms with van der Waals surface area (Å²) in [4.78, 5) is 12.2. The van der Waals surface area contributed by atoms with Gasteiger partial charge in [0.15, 0.2) is 0 Å². The number of anilines is 1. The standard InChI is InChI=1S/C16H17ClN2O5S/c1-23-14-9-13(15(24-2)8-12(14)17)19-16(20)10-18-25(21,22)11-6-4-3-5-7-11/h3-9,18H,10H2,1-2H3,(H,19,20). The molecule has 0 heterocycles. The highest BCUT2D eigenvalue weighted by Crippen LogP contribution is 2.35. The molecule has 1 amide bonds. The Morgan fingerprint density at radius 3 is 2.32 bits per heavy atom. The molecule has 0 aliphatic carbocycles. The quantitative estimate of drug-likeness (QED) is 0.763. The summed E-state index contributed by atoms with van der Waals surface area (Å²) in [5.74, 6) is 0.106. The first kappa shape index (κ1) is 19.0. The van der Waals surface area contributed by atoms with E-state index in [2.05, 4.69) is 10.0 Å². The lowest BCUT2D eigenvalue weighted by atomic mass is 10.2. The molecule has 0 unspecified atom stereocenters. The van der Waals surface area contributed by atoms with Crippen LogP contribution in [-0.4, -0.2) is 35.1 Å². The normalized spacial score (nSPS) is 11.0. The predicted molar refractivity (Wildman–Crippen MR) is 94.8 cm³/mol. The van der Waals surface area contributed by atoms with Crippen LogP contribution in [0.1, 0.15) is 0 Å². The number of ether oxygens (including phenoxy) is 2. The second kappa shape index (κ2) is 8.19. The van der Waals surface area contributed by atoms with E-state index in [1.807, 2.05) is 0 Å². The average Bonchev–Trinajstić information content (AvgIpc) is 2.62. The van der Waals surface area contributed by atoms with Gasteiger partial charge in [0, 0.05) is 12.1 Å². The van der Waals surface area contributed by atoms with Crippen LogP contribution in [-0.2, 0) is 14.8 Å². The van der Waals surface area contributed by atoms with Crippen LogP contribution in [0.5, 0.6) is 11.5 Å². The molecule has 2 aromatic carbocycles. The summed E-state index contributed by atoms with van der Waals surface area (Å²) in [6.07, 6.45) is 0. The summed E-state index contributed by atoms with van der Waals surface area (Å²) in [6.45, 7) is -0.439. The van der Waals surface area contributed by atoms with Gasteiger partial charge in [-0.05, 0) is 12.1 Å². The maximum absolute atomic E-state index is 12.1. The fourth-order valence-corrected chi connectivity index (χ4v) is 3.23. The van der Waals surface area contributed by atoms with Crippen molar-refractivity contribution in [3.05, 3.63) is 47.5 Å². The molecule has 25 heavy (non-hydrogen) atoms. The van der Waals surface area contributed by atoms with Crippen molar-refractivity contribution in [2.24, 2.45) is 0 Å². The Bertz CT molecular complexity index is 856. The van der Waals surface area contributed by atoms with Gasteiger partial charge in [0.1, 0.15) is 11.5 Å². The molecule has 9 heteroatoms. The van der Waals surface area contributed by atoms with Crippen molar-refractivity contribution in [3.63, 3.8) is 0 Å². The monoisotopic (exact) mass is 384 g/mol. The van der Waals surface area contributed by atoms with Crippen molar-refractivity contribution in [2.45, 2.75) is 4.90 Å². The molecule has 0 fully saturated rings. The molecule has 2 aromatic rings. The van der Waals surface area contributed by atoms with Crippen LogP contribution >= 0.6 is 11.6 Å². The van der Waals surface area contributed by atoms with Crippen LogP contribution in [0.4, 0.5) is 5.69 Å².